The average Bonchev–Trinajstić information content (AvgIpc) is 3.13. The molecular weight excluding hydrogens is 368 g/mol. The molecule has 2 rings (SSSR count). The summed E-state index contributed by atoms with van der Waals surface area (Å²) in [6, 6.07) is 4.02. The highest BCUT2D eigenvalue weighted by atomic mass is 32.2. The van der Waals surface area contributed by atoms with Crippen LogP contribution in [0.2, 0.25) is 0 Å². The molecule has 28 heavy (non-hydrogen) atoms. The lowest BCUT2D eigenvalue weighted by Gasteiger charge is -2.02. The summed E-state index contributed by atoms with van der Waals surface area (Å²) < 4.78 is 1.91. The van der Waals surface area contributed by atoms with Gasteiger partial charge in [-0.2, -0.15) is 0 Å². The van der Waals surface area contributed by atoms with Crippen LogP contribution in [0, 0.1) is 0 Å². The molecule has 0 unspecified atom stereocenters. The fourth-order valence-electron chi connectivity index (χ4n) is 3.24. The molecule has 154 valence electrons. The maximum absolute atomic E-state index is 10.8. The SMILES string of the molecule is CC(=O)SCCCCCCCCCCCCc1cn(Cc2ccncc2)nn1. The van der Waals surface area contributed by atoms with Crippen molar-refractivity contribution >= 4 is 16.9 Å². The first kappa shape index (κ1) is 22.6. The van der Waals surface area contributed by atoms with Crippen LogP contribution in [-0.2, 0) is 17.8 Å². The summed E-state index contributed by atoms with van der Waals surface area (Å²) in [4.78, 5) is 14.9. The highest BCUT2D eigenvalue weighted by Gasteiger charge is 2.02. The van der Waals surface area contributed by atoms with Crippen molar-refractivity contribution in [3.8, 4) is 0 Å². The Labute approximate surface area is 173 Å². The van der Waals surface area contributed by atoms with E-state index < -0.39 is 0 Å². The number of carbonyl (C=O) groups excluding carboxylic acids is 1. The van der Waals surface area contributed by atoms with Gasteiger partial charge in [0.05, 0.1) is 12.2 Å². The van der Waals surface area contributed by atoms with E-state index in [0.29, 0.717) is 0 Å². The lowest BCUT2D eigenvalue weighted by atomic mass is 10.1. The summed E-state index contributed by atoms with van der Waals surface area (Å²) in [5.74, 6) is 0.993. The zero-order valence-corrected chi connectivity index (χ0v) is 18.0. The zero-order valence-electron chi connectivity index (χ0n) is 17.2. The van der Waals surface area contributed by atoms with E-state index in [1.165, 1.54) is 81.5 Å². The maximum atomic E-state index is 10.8. The van der Waals surface area contributed by atoms with Gasteiger partial charge in [-0.15, -0.1) is 5.10 Å². The Morgan fingerprint density at radius 1 is 0.929 bits per heavy atom. The third kappa shape index (κ3) is 10.6. The van der Waals surface area contributed by atoms with Crippen LogP contribution < -0.4 is 0 Å². The van der Waals surface area contributed by atoms with Crippen molar-refractivity contribution < 1.29 is 4.79 Å². The zero-order chi connectivity index (χ0) is 19.9. The summed E-state index contributed by atoms with van der Waals surface area (Å²) in [5, 5.41) is 8.76. The predicted octanol–water partition coefficient (Wildman–Crippen LogP) is 5.44. The van der Waals surface area contributed by atoms with Crippen molar-refractivity contribution in [2.24, 2.45) is 0 Å². The second kappa shape index (κ2) is 14.3. The van der Waals surface area contributed by atoms with Gasteiger partial charge in [0.1, 0.15) is 0 Å². The minimum Gasteiger partial charge on any atom is -0.288 e. The highest BCUT2D eigenvalue weighted by molar-refractivity contribution is 8.13. The van der Waals surface area contributed by atoms with Gasteiger partial charge in [0.2, 0.25) is 0 Å². The number of hydrogen-bond donors (Lipinski definition) is 0. The van der Waals surface area contributed by atoms with Crippen molar-refractivity contribution in [2.45, 2.75) is 84.1 Å². The van der Waals surface area contributed by atoms with Gasteiger partial charge in [0, 0.05) is 31.3 Å². The molecule has 0 aliphatic heterocycles. The molecule has 2 heterocycles. The molecule has 0 bridgehead atoms. The highest BCUT2D eigenvalue weighted by Crippen LogP contribution is 2.13. The normalized spacial score (nSPS) is 11.0. The van der Waals surface area contributed by atoms with Gasteiger partial charge in [-0.25, -0.2) is 4.68 Å². The van der Waals surface area contributed by atoms with Crippen molar-refractivity contribution in [3.63, 3.8) is 0 Å². The number of pyridine rings is 1. The molecule has 5 nitrogen and oxygen atoms in total. The Morgan fingerprint density at radius 2 is 1.54 bits per heavy atom. The van der Waals surface area contributed by atoms with Crippen molar-refractivity contribution in [1.29, 1.82) is 0 Å². The summed E-state index contributed by atoms with van der Waals surface area (Å²) in [6.45, 7) is 2.41. The molecule has 0 amide bonds. The van der Waals surface area contributed by atoms with Crippen LogP contribution in [0.1, 0.15) is 82.4 Å². The van der Waals surface area contributed by atoms with Crippen LogP contribution in [0.4, 0.5) is 0 Å². The van der Waals surface area contributed by atoms with Crippen LogP contribution in [0.15, 0.2) is 30.7 Å². The molecule has 0 spiro atoms. The molecule has 0 fully saturated rings. The van der Waals surface area contributed by atoms with E-state index in [1.807, 2.05) is 29.2 Å². The number of thioether (sulfide) groups is 1. The van der Waals surface area contributed by atoms with E-state index >= 15 is 0 Å². The fraction of sp³-hybridized carbons (Fsp3) is 0.636. The third-order valence-electron chi connectivity index (χ3n) is 4.81. The molecule has 0 saturated carbocycles. The molecule has 0 aliphatic rings. The summed E-state index contributed by atoms with van der Waals surface area (Å²) >= 11 is 1.46. The summed E-state index contributed by atoms with van der Waals surface area (Å²) in [6.07, 6.45) is 19.6. The number of aryl methyl sites for hydroxylation is 1. The molecule has 0 radical (unpaired) electrons. The Balaban J connectivity index is 1.40. The number of rotatable bonds is 15. The van der Waals surface area contributed by atoms with Gasteiger partial charge >= 0.3 is 0 Å². The fourth-order valence-corrected chi connectivity index (χ4v) is 3.88. The van der Waals surface area contributed by atoms with Crippen molar-refractivity contribution in [3.05, 3.63) is 42.0 Å². The first-order chi connectivity index (χ1) is 13.7. The van der Waals surface area contributed by atoms with E-state index in [4.69, 9.17) is 0 Å². The molecule has 0 aliphatic carbocycles. The predicted molar refractivity (Wildman–Crippen MR) is 116 cm³/mol. The largest absolute Gasteiger partial charge is 0.288 e. The monoisotopic (exact) mass is 402 g/mol. The number of carbonyl (C=O) groups is 1. The van der Waals surface area contributed by atoms with E-state index in [-0.39, 0.29) is 5.12 Å². The minimum atomic E-state index is 0.245. The van der Waals surface area contributed by atoms with Crippen molar-refractivity contribution in [1.82, 2.24) is 20.0 Å². The lowest BCUT2D eigenvalue weighted by molar-refractivity contribution is -0.109. The van der Waals surface area contributed by atoms with Crippen LogP contribution in [-0.4, -0.2) is 30.8 Å². The molecule has 0 aromatic carbocycles. The Hall–Kier alpha value is -1.69. The summed E-state index contributed by atoms with van der Waals surface area (Å²) in [5.41, 5.74) is 2.29. The first-order valence-electron chi connectivity index (χ1n) is 10.7. The summed E-state index contributed by atoms with van der Waals surface area (Å²) in [7, 11) is 0. The molecule has 0 N–H and O–H groups in total. The van der Waals surface area contributed by atoms with E-state index in [0.717, 1.165) is 24.4 Å². The van der Waals surface area contributed by atoms with Crippen molar-refractivity contribution in [2.75, 3.05) is 5.75 Å². The van der Waals surface area contributed by atoms with E-state index in [2.05, 4.69) is 21.5 Å². The second-order valence-electron chi connectivity index (χ2n) is 7.39. The number of unbranched alkanes of at least 4 members (excludes halogenated alkanes) is 9. The number of aromatic nitrogens is 4. The molecular formula is C22H34N4OS. The lowest BCUT2D eigenvalue weighted by Crippen LogP contribution is -2.00. The maximum Gasteiger partial charge on any atom is 0.185 e. The van der Waals surface area contributed by atoms with E-state index in [1.54, 1.807) is 6.92 Å². The molecule has 2 aromatic heterocycles. The van der Waals surface area contributed by atoms with Crippen LogP contribution >= 0.6 is 11.8 Å². The minimum absolute atomic E-state index is 0.245. The third-order valence-corrected chi connectivity index (χ3v) is 5.71. The van der Waals surface area contributed by atoms with Crippen LogP contribution in [0.5, 0.6) is 0 Å². The Kier molecular flexibility index (Phi) is 11.6. The number of hydrogen-bond acceptors (Lipinski definition) is 5. The van der Waals surface area contributed by atoms with Crippen LogP contribution in [0.3, 0.4) is 0 Å². The van der Waals surface area contributed by atoms with Gasteiger partial charge < -0.3 is 0 Å². The van der Waals surface area contributed by atoms with Gasteiger partial charge in [-0.3, -0.25) is 9.78 Å². The topological polar surface area (TPSA) is 60.7 Å². The Morgan fingerprint density at radius 3 is 2.18 bits per heavy atom. The smallest absolute Gasteiger partial charge is 0.185 e. The Bertz CT molecular complexity index is 660. The standard InChI is InChI=1S/C22H34N4OS/c1-20(27)28-17-11-9-7-5-3-2-4-6-8-10-12-22-19-26(25-24-22)18-21-13-15-23-16-14-21/h13-16,19H,2-12,17-18H2,1H3. The molecule has 0 atom stereocenters. The quantitative estimate of drug-likeness (QED) is 0.371. The number of nitrogens with zero attached hydrogens (tertiary/aromatic N) is 4. The van der Waals surface area contributed by atoms with Gasteiger partial charge in [0.25, 0.3) is 0 Å². The molecule has 6 heteroatoms. The first-order valence-corrected chi connectivity index (χ1v) is 11.6. The van der Waals surface area contributed by atoms with Gasteiger partial charge in [-0.1, -0.05) is 68.3 Å². The molecule has 2 aromatic rings. The van der Waals surface area contributed by atoms with Crippen LogP contribution in [0.25, 0.3) is 0 Å². The average molecular weight is 403 g/mol. The van der Waals surface area contributed by atoms with Gasteiger partial charge in [0.15, 0.2) is 5.12 Å². The van der Waals surface area contributed by atoms with E-state index in [9.17, 15) is 4.79 Å². The van der Waals surface area contributed by atoms with Gasteiger partial charge in [-0.05, 0) is 37.0 Å². The molecule has 0 saturated heterocycles. The second-order valence-corrected chi connectivity index (χ2v) is 8.66.